The van der Waals surface area contributed by atoms with Crippen LogP contribution in [0.1, 0.15) is 21.9 Å². The Morgan fingerprint density at radius 2 is 1.61 bits per heavy atom. The molecule has 3 aromatic rings. The number of hydrogen-bond acceptors (Lipinski definition) is 6. The summed E-state index contributed by atoms with van der Waals surface area (Å²) in [7, 11) is 3.94. The number of aromatic amines is 1. The first-order valence-electron chi connectivity index (χ1n) is 9.96. The molecule has 0 unspecified atom stereocenters. The van der Waals surface area contributed by atoms with Crippen LogP contribution in [-0.4, -0.2) is 36.1 Å². The quantitative estimate of drug-likeness (QED) is 0.616. The van der Waals surface area contributed by atoms with Gasteiger partial charge in [0.1, 0.15) is 5.25 Å². The fraction of sp³-hybridized carbons (Fsp3) is 0.261. The van der Waals surface area contributed by atoms with Gasteiger partial charge in [-0.2, -0.15) is 0 Å². The molecule has 0 aliphatic carbocycles. The van der Waals surface area contributed by atoms with Crippen LogP contribution in [-0.2, 0) is 9.59 Å². The largest absolute Gasteiger partial charge is 0.378 e. The molecular formula is C23H21N3O3S2. The number of benzene rings is 2. The standard InChI is InChI=1S/C23H21N3O3S2/c1-12-4-8-15(9-5-12)26-21(27)17-16(13-6-10-14(11-7-13)25(2)3)18-20(24-23(29)31-18)30-19(17)22(26)28/h4-11,16-17,19H,1-3H3,(H,24,29)/t16-,17-,19+/m0/s1. The van der Waals surface area contributed by atoms with E-state index in [1.807, 2.05) is 74.4 Å². The molecule has 8 heteroatoms. The third-order valence-electron chi connectivity index (χ3n) is 5.88. The number of H-pyrrole nitrogens is 1. The van der Waals surface area contributed by atoms with E-state index in [-0.39, 0.29) is 22.6 Å². The van der Waals surface area contributed by atoms with Crippen LogP contribution in [0.2, 0.25) is 0 Å². The highest BCUT2D eigenvalue weighted by molar-refractivity contribution is 8.00. The van der Waals surface area contributed by atoms with Gasteiger partial charge in [0.25, 0.3) is 0 Å². The third-order valence-corrected chi connectivity index (χ3v) is 8.29. The Morgan fingerprint density at radius 1 is 0.935 bits per heavy atom. The lowest BCUT2D eigenvalue weighted by molar-refractivity contribution is -0.122. The molecule has 6 nitrogen and oxygen atoms in total. The van der Waals surface area contributed by atoms with Crippen molar-refractivity contribution in [3.63, 3.8) is 0 Å². The van der Waals surface area contributed by atoms with Gasteiger partial charge in [-0.3, -0.25) is 14.4 Å². The molecule has 0 bridgehead atoms. The lowest BCUT2D eigenvalue weighted by Crippen LogP contribution is -2.32. The van der Waals surface area contributed by atoms with Gasteiger partial charge in [-0.25, -0.2) is 4.90 Å². The van der Waals surface area contributed by atoms with Crippen molar-refractivity contribution in [1.29, 1.82) is 0 Å². The molecule has 1 N–H and O–H groups in total. The highest BCUT2D eigenvalue weighted by Crippen LogP contribution is 2.53. The van der Waals surface area contributed by atoms with Crippen molar-refractivity contribution in [2.24, 2.45) is 5.92 Å². The Balaban J connectivity index is 1.62. The summed E-state index contributed by atoms with van der Waals surface area (Å²) in [6.07, 6.45) is 0. The maximum Gasteiger partial charge on any atom is 0.305 e. The van der Waals surface area contributed by atoms with Gasteiger partial charge in [0.05, 0.1) is 16.6 Å². The molecule has 0 radical (unpaired) electrons. The Labute approximate surface area is 187 Å². The number of carbonyl (C=O) groups excluding carboxylic acids is 2. The SMILES string of the molecule is Cc1ccc(N2C(=O)[C@H]3[C@H](c4ccc(N(C)C)cc4)c4sc(=O)[nH]c4S[C@H]3C2=O)cc1. The molecule has 2 aliphatic rings. The smallest absolute Gasteiger partial charge is 0.305 e. The van der Waals surface area contributed by atoms with Gasteiger partial charge in [-0.15, -0.1) is 0 Å². The molecule has 1 aromatic heterocycles. The minimum absolute atomic E-state index is 0.164. The van der Waals surface area contributed by atoms with E-state index < -0.39 is 11.2 Å². The van der Waals surface area contributed by atoms with Crippen molar-refractivity contribution in [3.8, 4) is 0 Å². The van der Waals surface area contributed by atoms with Crippen molar-refractivity contribution < 1.29 is 9.59 Å². The Morgan fingerprint density at radius 3 is 2.26 bits per heavy atom. The number of fused-ring (bicyclic) bond motifs is 2. The van der Waals surface area contributed by atoms with E-state index in [1.54, 1.807) is 0 Å². The topological polar surface area (TPSA) is 73.5 Å². The number of amides is 2. The molecule has 3 heterocycles. The van der Waals surface area contributed by atoms with Gasteiger partial charge in [0.15, 0.2) is 0 Å². The number of nitrogens with one attached hydrogen (secondary N) is 1. The maximum atomic E-state index is 13.6. The number of aryl methyl sites for hydroxylation is 1. The first kappa shape index (κ1) is 20.1. The normalized spacial score (nSPS) is 22.4. The van der Waals surface area contributed by atoms with Crippen LogP contribution in [0.4, 0.5) is 11.4 Å². The predicted octanol–water partition coefficient (Wildman–Crippen LogP) is 3.61. The summed E-state index contributed by atoms with van der Waals surface area (Å²) >= 11 is 2.43. The molecule has 5 rings (SSSR count). The zero-order valence-electron chi connectivity index (χ0n) is 17.3. The van der Waals surface area contributed by atoms with E-state index in [4.69, 9.17) is 0 Å². The van der Waals surface area contributed by atoms with Gasteiger partial charge in [0, 0.05) is 30.6 Å². The van der Waals surface area contributed by atoms with Crippen molar-refractivity contribution in [1.82, 2.24) is 4.98 Å². The molecule has 2 aromatic carbocycles. The number of imide groups is 1. The molecule has 1 saturated heterocycles. The number of aromatic nitrogens is 1. The summed E-state index contributed by atoms with van der Waals surface area (Å²) in [6, 6.07) is 15.4. The van der Waals surface area contributed by atoms with Crippen LogP contribution >= 0.6 is 23.1 Å². The zero-order chi connectivity index (χ0) is 21.9. The Hall–Kier alpha value is -2.84. The number of carbonyl (C=O) groups is 2. The summed E-state index contributed by atoms with van der Waals surface area (Å²) < 4.78 is 0. The number of anilines is 2. The van der Waals surface area contributed by atoms with Crippen LogP contribution in [0.3, 0.4) is 0 Å². The van der Waals surface area contributed by atoms with Crippen molar-refractivity contribution in [2.75, 3.05) is 23.9 Å². The van der Waals surface area contributed by atoms with Gasteiger partial charge in [0.2, 0.25) is 11.8 Å². The van der Waals surface area contributed by atoms with Crippen LogP contribution in [0.25, 0.3) is 0 Å². The van der Waals surface area contributed by atoms with E-state index in [2.05, 4.69) is 4.98 Å². The van der Waals surface area contributed by atoms with E-state index in [0.717, 1.165) is 33.0 Å². The average Bonchev–Trinajstić information content (AvgIpc) is 3.24. The number of rotatable bonds is 3. The minimum Gasteiger partial charge on any atom is -0.378 e. The fourth-order valence-corrected chi connectivity index (χ4v) is 6.82. The summed E-state index contributed by atoms with van der Waals surface area (Å²) in [4.78, 5) is 46.0. The lowest BCUT2D eigenvalue weighted by Gasteiger charge is -2.30. The van der Waals surface area contributed by atoms with Gasteiger partial charge in [-0.05, 0) is 36.8 Å². The molecule has 1 fully saturated rings. The van der Waals surface area contributed by atoms with Crippen molar-refractivity contribution in [2.45, 2.75) is 23.1 Å². The Bertz CT molecular complexity index is 1230. The van der Waals surface area contributed by atoms with Crippen LogP contribution in [0.5, 0.6) is 0 Å². The molecule has 158 valence electrons. The van der Waals surface area contributed by atoms with Crippen LogP contribution in [0.15, 0.2) is 58.4 Å². The summed E-state index contributed by atoms with van der Waals surface area (Å²) in [5, 5.41) is 0.134. The molecule has 2 amide bonds. The van der Waals surface area contributed by atoms with Crippen LogP contribution < -0.4 is 14.7 Å². The zero-order valence-corrected chi connectivity index (χ0v) is 18.9. The molecule has 0 saturated carbocycles. The number of hydrogen-bond donors (Lipinski definition) is 1. The lowest BCUT2D eigenvalue weighted by atomic mass is 9.83. The molecule has 31 heavy (non-hydrogen) atoms. The highest BCUT2D eigenvalue weighted by Gasteiger charge is 2.56. The number of thiazole rings is 1. The monoisotopic (exact) mass is 451 g/mol. The number of nitrogens with zero attached hydrogens (tertiary/aromatic N) is 2. The summed E-state index contributed by atoms with van der Waals surface area (Å²) in [5.74, 6) is -1.33. The van der Waals surface area contributed by atoms with Gasteiger partial charge in [-0.1, -0.05) is 52.9 Å². The summed E-state index contributed by atoms with van der Waals surface area (Å²) in [5.41, 5.74) is 3.63. The van der Waals surface area contributed by atoms with E-state index in [9.17, 15) is 14.4 Å². The second-order valence-electron chi connectivity index (χ2n) is 8.08. The van der Waals surface area contributed by atoms with E-state index >= 15 is 0 Å². The average molecular weight is 452 g/mol. The fourth-order valence-electron chi connectivity index (χ4n) is 4.30. The second-order valence-corrected chi connectivity index (χ2v) is 10.2. The molecular weight excluding hydrogens is 430 g/mol. The Kier molecular flexibility index (Phi) is 4.79. The number of thioether (sulfide) groups is 1. The van der Waals surface area contributed by atoms with Gasteiger partial charge < -0.3 is 9.88 Å². The molecule has 0 spiro atoms. The van der Waals surface area contributed by atoms with Crippen molar-refractivity contribution in [3.05, 3.63) is 74.2 Å². The molecule has 3 atom stereocenters. The van der Waals surface area contributed by atoms with Crippen LogP contribution in [0, 0.1) is 12.8 Å². The van der Waals surface area contributed by atoms with E-state index in [1.165, 1.54) is 16.7 Å². The first-order chi connectivity index (χ1) is 14.8. The van der Waals surface area contributed by atoms with E-state index in [0.29, 0.717) is 10.7 Å². The van der Waals surface area contributed by atoms with Crippen molar-refractivity contribution >= 4 is 46.3 Å². The highest BCUT2D eigenvalue weighted by atomic mass is 32.2. The predicted molar refractivity (Wildman–Crippen MR) is 124 cm³/mol. The third kappa shape index (κ3) is 3.21. The maximum absolute atomic E-state index is 13.6. The molecule has 2 aliphatic heterocycles. The summed E-state index contributed by atoms with van der Waals surface area (Å²) in [6.45, 7) is 1.97. The second kappa shape index (κ2) is 7.39. The minimum atomic E-state index is -0.565. The first-order valence-corrected chi connectivity index (χ1v) is 11.7. The van der Waals surface area contributed by atoms with Gasteiger partial charge >= 0.3 is 4.87 Å².